The SMILES string of the molecule is COc1c(C(=O)OC(C)C)cc(-c2ccccc2)cc1[N+](=O)[O-]. The van der Waals surface area contributed by atoms with Crippen molar-refractivity contribution in [2.45, 2.75) is 20.0 Å². The monoisotopic (exact) mass is 315 g/mol. The highest BCUT2D eigenvalue weighted by molar-refractivity contribution is 5.96. The summed E-state index contributed by atoms with van der Waals surface area (Å²) in [5.74, 6) is -0.752. The number of nitro benzene ring substituents is 1. The van der Waals surface area contributed by atoms with E-state index in [0.717, 1.165) is 5.56 Å². The number of hydrogen-bond acceptors (Lipinski definition) is 5. The molecule has 0 spiro atoms. The third kappa shape index (κ3) is 3.66. The molecular weight excluding hydrogens is 298 g/mol. The zero-order valence-electron chi connectivity index (χ0n) is 13.1. The van der Waals surface area contributed by atoms with Crippen molar-refractivity contribution in [2.24, 2.45) is 0 Å². The van der Waals surface area contributed by atoms with Crippen molar-refractivity contribution in [1.29, 1.82) is 0 Å². The van der Waals surface area contributed by atoms with E-state index in [1.54, 1.807) is 19.9 Å². The molecule has 2 rings (SSSR count). The summed E-state index contributed by atoms with van der Waals surface area (Å²) in [4.78, 5) is 23.0. The van der Waals surface area contributed by atoms with Gasteiger partial charge in [0.1, 0.15) is 5.56 Å². The Morgan fingerprint density at radius 2 is 1.78 bits per heavy atom. The molecule has 23 heavy (non-hydrogen) atoms. The van der Waals surface area contributed by atoms with Gasteiger partial charge >= 0.3 is 11.7 Å². The average Bonchev–Trinajstić information content (AvgIpc) is 2.53. The first-order chi connectivity index (χ1) is 10.9. The van der Waals surface area contributed by atoms with Gasteiger partial charge in [0, 0.05) is 6.07 Å². The quantitative estimate of drug-likeness (QED) is 0.476. The highest BCUT2D eigenvalue weighted by Gasteiger charge is 2.26. The number of methoxy groups -OCH3 is 1. The Morgan fingerprint density at radius 3 is 2.30 bits per heavy atom. The molecule has 0 radical (unpaired) electrons. The topological polar surface area (TPSA) is 78.7 Å². The van der Waals surface area contributed by atoms with Gasteiger partial charge < -0.3 is 9.47 Å². The fourth-order valence-corrected chi connectivity index (χ4v) is 2.19. The maximum atomic E-state index is 12.3. The number of nitrogens with zero attached hydrogens (tertiary/aromatic N) is 1. The van der Waals surface area contributed by atoms with Crippen LogP contribution in [0.3, 0.4) is 0 Å². The first-order valence-corrected chi connectivity index (χ1v) is 7.07. The van der Waals surface area contributed by atoms with Crippen molar-refractivity contribution in [3.63, 3.8) is 0 Å². The second-order valence-electron chi connectivity index (χ2n) is 5.15. The maximum Gasteiger partial charge on any atom is 0.342 e. The van der Waals surface area contributed by atoms with Crippen LogP contribution in [0.5, 0.6) is 5.75 Å². The molecule has 2 aromatic rings. The van der Waals surface area contributed by atoms with E-state index in [2.05, 4.69) is 0 Å². The van der Waals surface area contributed by atoms with Crippen LogP contribution in [0, 0.1) is 10.1 Å². The van der Waals surface area contributed by atoms with Crippen LogP contribution >= 0.6 is 0 Å². The summed E-state index contributed by atoms with van der Waals surface area (Å²) < 4.78 is 10.3. The molecule has 120 valence electrons. The van der Waals surface area contributed by atoms with Gasteiger partial charge in [-0.25, -0.2) is 4.79 Å². The van der Waals surface area contributed by atoms with Gasteiger partial charge in [0.2, 0.25) is 5.75 Å². The van der Waals surface area contributed by atoms with Crippen LogP contribution in [0.4, 0.5) is 5.69 Å². The second-order valence-corrected chi connectivity index (χ2v) is 5.15. The molecular formula is C17H17NO5. The second kappa shape index (κ2) is 6.91. The summed E-state index contributed by atoms with van der Waals surface area (Å²) >= 11 is 0. The van der Waals surface area contributed by atoms with Crippen molar-refractivity contribution in [3.05, 3.63) is 58.1 Å². The van der Waals surface area contributed by atoms with Crippen LogP contribution in [0.2, 0.25) is 0 Å². The zero-order valence-corrected chi connectivity index (χ0v) is 13.1. The molecule has 0 bridgehead atoms. The lowest BCUT2D eigenvalue weighted by Gasteiger charge is -2.13. The lowest BCUT2D eigenvalue weighted by atomic mass is 10.0. The normalized spacial score (nSPS) is 10.4. The average molecular weight is 315 g/mol. The summed E-state index contributed by atoms with van der Waals surface area (Å²) in [6, 6.07) is 12.0. The van der Waals surface area contributed by atoms with E-state index in [4.69, 9.17) is 9.47 Å². The fourth-order valence-electron chi connectivity index (χ4n) is 2.19. The van der Waals surface area contributed by atoms with Crippen molar-refractivity contribution in [1.82, 2.24) is 0 Å². The van der Waals surface area contributed by atoms with Crippen LogP contribution in [0.15, 0.2) is 42.5 Å². The molecule has 0 atom stereocenters. The van der Waals surface area contributed by atoms with Crippen molar-refractivity contribution < 1.29 is 19.2 Å². The Labute approximate surface area is 133 Å². The summed E-state index contributed by atoms with van der Waals surface area (Å²) in [7, 11) is 1.29. The number of esters is 1. The van der Waals surface area contributed by atoms with Crippen molar-refractivity contribution >= 4 is 11.7 Å². The maximum absolute atomic E-state index is 12.3. The van der Waals surface area contributed by atoms with E-state index in [9.17, 15) is 14.9 Å². The largest absolute Gasteiger partial charge is 0.490 e. The van der Waals surface area contributed by atoms with Crippen molar-refractivity contribution in [3.8, 4) is 16.9 Å². The summed E-state index contributed by atoms with van der Waals surface area (Å²) in [5, 5.41) is 11.3. The molecule has 0 N–H and O–H groups in total. The predicted octanol–water partition coefficient (Wildman–Crippen LogP) is 3.84. The van der Waals surface area contributed by atoms with Gasteiger partial charge in [0.25, 0.3) is 0 Å². The van der Waals surface area contributed by atoms with Gasteiger partial charge in [0.05, 0.1) is 18.1 Å². The van der Waals surface area contributed by atoms with Crippen LogP contribution < -0.4 is 4.74 Å². The van der Waals surface area contributed by atoms with E-state index in [1.807, 2.05) is 30.3 Å². The molecule has 0 aromatic heterocycles. The minimum absolute atomic E-state index is 0.0363. The zero-order chi connectivity index (χ0) is 17.0. The fraction of sp³-hybridized carbons (Fsp3) is 0.235. The summed E-state index contributed by atoms with van der Waals surface area (Å²) in [6.45, 7) is 3.42. The van der Waals surface area contributed by atoms with Gasteiger partial charge in [-0.05, 0) is 31.0 Å². The third-order valence-corrected chi connectivity index (χ3v) is 3.14. The molecule has 0 heterocycles. The van der Waals surface area contributed by atoms with E-state index in [0.29, 0.717) is 5.56 Å². The number of nitro groups is 1. The van der Waals surface area contributed by atoms with E-state index >= 15 is 0 Å². The number of carbonyl (C=O) groups is 1. The molecule has 6 heteroatoms. The van der Waals surface area contributed by atoms with Crippen LogP contribution in [-0.2, 0) is 4.74 Å². The highest BCUT2D eigenvalue weighted by Crippen LogP contribution is 2.36. The van der Waals surface area contributed by atoms with Crippen LogP contribution in [-0.4, -0.2) is 24.1 Å². The van der Waals surface area contributed by atoms with Gasteiger partial charge in [-0.15, -0.1) is 0 Å². The molecule has 0 saturated heterocycles. The Morgan fingerprint density at radius 1 is 1.13 bits per heavy atom. The van der Waals surface area contributed by atoms with E-state index in [1.165, 1.54) is 13.2 Å². The lowest BCUT2D eigenvalue weighted by Crippen LogP contribution is -2.13. The number of rotatable bonds is 5. The first kappa shape index (κ1) is 16.5. The Hall–Kier alpha value is -2.89. The molecule has 0 saturated carbocycles. The lowest BCUT2D eigenvalue weighted by molar-refractivity contribution is -0.385. The first-order valence-electron chi connectivity index (χ1n) is 7.07. The van der Waals surface area contributed by atoms with E-state index < -0.39 is 10.9 Å². The Kier molecular flexibility index (Phi) is 4.95. The van der Waals surface area contributed by atoms with Crippen LogP contribution in [0.25, 0.3) is 11.1 Å². The predicted molar refractivity (Wildman–Crippen MR) is 85.6 cm³/mol. The number of benzene rings is 2. The summed E-state index contributed by atoms with van der Waals surface area (Å²) in [5.41, 5.74) is 1.07. The van der Waals surface area contributed by atoms with Gasteiger partial charge in [-0.1, -0.05) is 30.3 Å². The molecule has 6 nitrogen and oxygen atoms in total. The van der Waals surface area contributed by atoms with Crippen LogP contribution in [0.1, 0.15) is 24.2 Å². The standard InChI is InChI=1S/C17H17NO5/c1-11(2)23-17(19)14-9-13(12-7-5-4-6-8-12)10-15(18(20)21)16(14)22-3/h4-11H,1-3H3. The van der Waals surface area contributed by atoms with Crippen molar-refractivity contribution in [2.75, 3.05) is 7.11 Å². The molecule has 0 aliphatic rings. The highest BCUT2D eigenvalue weighted by atomic mass is 16.6. The molecule has 2 aromatic carbocycles. The molecule has 0 amide bonds. The minimum atomic E-state index is -0.655. The third-order valence-electron chi connectivity index (χ3n) is 3.14. The Bertz CT molecular complexity index is 725. The molecule has 0 aliphatic carbocycles. The number of carbonyl (C=O) groups excluding carboxylic acids is 1. The van der Waals surface area contributed by atoms with Gasteiger partial charge in [-0.3, -0.25) is 10.1 Å². The van der Waals surface area contributed by atoms with Gasteiger partial charge in [0.15, 0.2) is 0 Å². The molecule has 0 fully saturated rings. The molecule has 0 unspecified atom stereocenters. The molecule has 0 aliphatic heterocycles. The Balaban J connectivity index is 2.65. The number of hydrogen-bond donors (Lipinski definition) is 0. The minimum Gasteiger partial charge on any atom is -0.490 e. The summed E-state index contributed by atoms with van der Waals surface area (Å²) in [6.07, 6.45) is -0.341. The smallest absolute Gasteiger partial charge is 0.342 e. The number of ether oxygens (including phenoxy) is 2. The van der Waals surface area contributed by atoms with E-state index in [-0.39, 0.29) is 23.1 Å². The van der Waals surface area contributed by atoms with Gasteiger partial charge in [-0.2, -0.15) is 0 Å².